The van der Waals surface area contributed by atoms with Crippen LogP contribution < -0.4 is 19.5 Å². The Hall–Kier alpha value is -4.57. The molecule has 0 aliphatic heterocycles. The van der Waals surface area contributed by atoms with Gasteiger partial charge in [0.2, 0.25) is 5.91 Å². The van der Waals surface area contributed by atoms with E-state index in [0.29, 0.717) is 54.7 Å². The van der Waals surface area contributed by atoms with E-state index in [-0.39, 0.29) is 11.7 Å². The Bertz CT molecular complexity index is 1310. The monoisotopic (exact) mass is 498 g/mol. The Morgan fingerprint density at radius 2 is 1.89 bits per heavy atom. The maximum atomic E-state index is 13.3. The van der Waals surface area contributed by atoms with E-state index in [2.05, 4.69) is 16.2 Å². The van der Waals surface area contributed by atoms with Gasteiger partial charge in [-0.05, 0) is 55.3 Å². The molecule has 2 aromatic carbocycles. The van der Waals surface area contributed by atoms with Gasteiger partial charge in [0.15, 0.2) is 17.3 Å². The second kappa shape index (κ2) is 13.5. The summed E-state index contributed by atoms with van der Waals surface area (Å²) in [5.74, 6) is 3.79. The zero-order valence-electron chi connectivity index (χ0n) is 21.2. The second-order valence-electron chi connectivity index (χ2n) is 8.05. The third-order valence-corrected chi connectivity index (χ3v) is 5.42. The summed E-state index contributed by atoms with van der Waals surface area (Å²) >= 11 is 0. The van der Waals surface area contributed by atoms with Crippen LogP contribution in [-0.2, 0) is 17.8 Å². The SMILES string of the molecule is C#Cc1ccc(COc2ccccc2/C=C/C(=O)c2cc(OCC)c(OC)cc2CCNC(C)=O)cn1. The van der Waals surface area contributed by atoms with Gasteiger partial charge in [-0.1, -0.05) is 30.2 Å². The molecule has 0 aliphatic carbocycles. The van der Waals surface area contributed by atoms with Crippen molar-refractivity contribution in [3.05, 3.63) is 88.8 Å². The van der Waals surface area contributed by atoms with Gasteiger partial charge in [-0.2, -0.15) is 0 Å². The largest absolute Gasteiger partial charge is 0.493 e. The van der Waals surface area contributed by atoms with Crippen molar-refractivity contribution in [3.8, 4) is 29.6 Å². The zero-order chi connectivity index (χ0) is 26.6. The number of carbonyl (C=O) groups is 2. The summed E-state index contributed by atoms with van der Waals surface area (Å²) in [5.41, 5.74) is 3.41. The minimum atomic E-state index is -0.203. The van der Waals surface area contributed by atoms with Crippen LogP contribution in [0.1, 0.15) is 46.6 Å². The van der Waals surface area contributed by atoms with E-state index < -0.39 is 0 Å². The molecule has 1 N–H and O–H groups in total. The molecule has 190 valence electrons. The first-order valence-corrected chi connectivity index (χ1v) is 11.9. The zero-order valence-corrected chi connectivity index (χ0v) is 21.2. The number of pyridine rings is 1. The molecule has 0 saturated heterocycles. The number of ketones is 1. The van der Waals surface area contributed by atoms with E-state index >= 15 is 0 Å². The van der Waals surface area contributed by atoms with Crippen molar-refractivity contribution < 1.29 is 23.8 Å². The number of ether oxygens (including phenoxy) is 3. The van der Waals surface area contributed by atoms with Crippen molar-refractivity contribution in [2.75, 3.05) is 20.3 Å². The highest BCUT2D eigenvalue weighted by Crippen LogP contribution is 2.32. The summed E-state index contributed by atoms with van der Waals surface area (Å²) in [6.07, 6.45) is 10.7. The molecule has 7 heteroatoms. The molecular formula is C30H30N2O5. The molecule has 0 aliphatic rings. The highest BCUT2D eigenvalue weighted by Gasteiger charge is 2.16. The average Bonchev–Trinajstić information content (AvgIpc) is 2.91. The quantitative estimate of drug-likeness (QED) is 0.223. The number of allylic oxidation sites excluding steroid dienone is 1. The number of hydrogen-bond donors (Lipinski definition) is 1. The van der Waals surface area contributed by atoms with Gasteiger partial charge < -0.3 is 19.5 Å². The van der Waals surface area contributed by atoms with Crippen LogP contribution in [0.5, 0.6) is 17.2 Å². The van der Waals surface area contributed by atoms with Crippen LogP contribution in [0.3, 0.4) is 0 Å². The molecule has 0 saturated carbocycles. The topological polar surface area (TPSA) is 86.8 Å². The smallest absolute Gasteiger partial charge is 0.216 e. The lowest BCUT2D eigenvalue weighted by Gasteiger charge is -2.15. The van der Waals surface area contributed by atoms with Crippen LogP contribution in [0.4, 0.5) is 0 Å². The van der Waals surface area contributed by atoms with Gasteiger partial charge in [-0.3, -0.25) is 9.59 Å². The number of amides is 1. The van der Waals surface area contributed by atoms with E-state index in [4.69, 9.17) is 20.6 Å². The Balaban J connectivity index is 1.83. The van der Waals surface area contributed by atoms with Crippen LogP contribution in [0.15, 0.2) is 60.8 Å². The number of para-hydroxylation sites is 1. The number of carbonyl (C=O) groups excluding carboxylic acids is 2. The van der Waals surface area contributed by atoms with Gasteiger partial charge in [0.25, 0.3) is 0 Å². The minimum Gasteiger partial charge on any atom is -0.493 e. The standard InChI is InChI=1S/C30H30N2O5/c1-5-25-13-11-22(19-32-25)20-37-28-10-8-7-9-23(28)12-14-27(34)26-18-30(36-6-2)29(35-4)17-24(26)15-16-31-21(3)33/h1,7-14,17-19H,6,15-16,20H2,2-4H3,(H,31,33)/b14-12+. The first kappa shape index (κ1) is 27.0. The lowest BCUT2D eigenvalue weighted by Crippen LogP contribution is -2.23. The number of rotatable bonds is 12. The number of nitrogens with one attached hydrogen (secondary N) is 1. The Kier molecular flexibility index (Phi) is 9.86. The molecule has 1 amide bonds. The summed E-state index contributed by atoms with van der Waals surface area (Å²) in [6, 6.07) is 14.6. The maximum Gasteiger partial charge on any atom is 0.216 e. The third kappa shape index (κ3) is 7.71. The number of nitrogens with zero attached hydrogens (tertiary/aromatic N) is 1. The number of methoxy groups -OCH3 is 1. The van der Waals surface area contributed by atoms with Crippen LogP contribution >= 0.6 is 0 Å². The molecule has 1 aromatic heterocycles. The van der Waals surface area contributed by atoms with E-state index in [0.717, 1.165) is 16.7 Å². The average molecular weight is 499 g/mol. The summed E-state index contributed by atoms with van der Waals surface area (Å²) in [6.45, 7) is 4.44. The fourth-order valence-corrected chi connectivity index (χ4v) is 3.60. The van der Waals surface area contributed by atoms with Crippen molar-refractivity contribution in [2.24, 2.45) is 0 Å². The first-order chi connectivity index (χ1) is 17.9. The van der Waals surface area contributed by atoms with Crippen molar-refractivity contribution in [1.82, 2.24) is 10.3 Å². The minimum absolute atomic E-state index is 0.134. The van der Waals surface area contributed by atoms with E-state index in [1.165, 1.54) is 13.0 Å². The molecule has 0 fully saturated rings. The number of aromatic nitrogens is 1. The summed E-state index contributed by atoms with van der Waals surface area (Å²) in [4.78, 5) is 28.8. The lowest BCUT2D eigenvalue weighted by atomic mass is 9.98. The Morgan fingerprint density at radius 3 is 2.57 bits per heavy atom. The van der Waals surface area contributed by atoms with Crippen LogP contribution in [-0.4, -0.2) is 36.9 Å². The molecule has 3 aromatic rings. The third-order valence-electron chi connectivity index (χ3n) is 5.42. The predicted octanol–water partition coefficient (Wildman–Crippen LogP) is 4.62. The summed E-state index contributed by atoms with van der Waals surface area (Å²) in [5, 5.41) is 2.77. The highest BCUT2D eigenvalue weighted by atomic mass is 16.5. The molecule has 0 radical (unpaired) electrons. The lowest BCUT2D eigenvalue weighted by molar-refractivity contribution is -0.118. The number of benzene rings is 2. The number of terminal acetylenes is 1. The summed E-state index contributed by atoms with van der Waals surface area (Å²) in [7, 11) is 1.55. The molecule has 0 bridgehead atoms. The normalized spacial score (nSPS) is 10.5. The second-order valence-corrected chi connectivity index (χ2v) is 8.05. The van der Waals surface area contributed by atoms with E-state index in [9.17, 15) is 9.59 Å². The van der Waals surface area contributed by atoms with Crippen molar-refractivity contribution in [1.29, 1.82) is 0 Å². The summed E-state index contributed by atoms with van der Waals surface area (Å²) < 4.78 is 17.1. The predicted molar refractivity (Wildman–Crippen MR) is 143 cm³/mol. The van der Waals surface area contributed by atoms with E-state index in [1.807, 2.05) is 37.3 Å². The van der Waals surface area contributed by atoms with Gasteiger partial charge in [-0.15, -0.1) is 6.42 Å². The van der Waals surface area contributed by atoms with Crippen LogP contribution in [0.25, 0.3) is 6.08 Å². The molecule has 0 spiro atoms. The highest BCUT2D eigenvalue weighted by molar-refractivity contribution is 6.08. The maximum absolute atomic E-state index is 13.3. The number of hydrogen-bond acceptors (Lipinski definition) is 6. The molecule has 7 nitrogen and oxygen atoms in total. The van der Waals surface area contributed by atoms with Crippen molar-refractivity contribution in [3.63, 3.8) is 0 Å². The van der Waals surface area contributed by atoms with Gasteiger partial charge in [0.1, 0.15) is 18.1 Å². The molecule has 3 rings (SSSR count). The van der Waals surface area contributed by atoms with Gasteiger partial charge in [0.05, 0.1) is 13.7 Å². The fraction of sp³-hybridized carbons (Fsp3) is 0.233. The van der Waals surface area contributed by atoms with E-state index in [1.54, 1.807) is 37.6 Å². The van der Waals surface area contributed by atoms with Crippen LogP contribution in [0, 0.1) is 12.3 Å². The first-order valence-electron chi connectivity index (χ1n) is 11.9. The van der Waals surface area contributed by atoms with Crippen LogP contribution in [0.2, 0.25) is 0 Å². The van der Waals surface area contributed by atoms with Crippen molar-refractivity contribution >= 4 is 17.8 Å². The molecule has 37 heavy (non-hydrogen) atoms. The Labute approximate surface area is 217 Å². The fourth-order valence-electron chi connectivity index (χ4n) is 3.60. The van der Waals surface area contributed by atoms with Gasteiger partial charge in [0, 0.05) is 36.4 Å². The Morgan fingerprint density at radius 1 is 1.08 bits per heavy atom. The molecular weight excluding hydrogens is 468 g/mol. The molecule has 0 atom stereocenters. The molecule has 0 unspecified atom stereocenters. The van der Waals surface area contributed by atoms with Gasteiger partial charge in [-0.25, -0.2) is 4.98 Å². The van der Waals surface area contributed by atoms with Gasteiger partial charge >= 0.3 is 0 Å². The molecule has 1 heterocycles. The van der Waals surface area contributed by atoms with Crippen molar-refractivity contribution in [2.45, 2.75) is 26.9 Å².